The number of hydrogen-bond donors (Lipinski definition) is 1. The van der Waals surface area contributed by atoms with E-state index in [0.717, 1.165) is 49.3 Å². The number of carbonyl (C=O) groups is 1. The van der Waals surface area contributed by atoms with Crippen LogP contribution >= 0.6 is 0 Å². The number of nitrogens with one attached hydrogen (secondary N) is 1. The van der Waals surface area contributed by atoms with Crippen LogP contribution in [0.1, 0.15) is 53.0 Å². The Morgan fingerprint density at radius 2 is 2.08 bits per heavy atom. The molecular weight excluding hydrogens is 312 g/mol. The van der Waals surface area contributed by atoms with E-state index in [-0.39, 0.29) is 5.97 Å². The molecule has 1 aromatic carbocycles. The summed E-state index contributed by atoms with van der Waals surface area (Å²) in [6.07, 6.45) is 4.94. The number of aryl methyl sites for hydroxylation is 4. The lowest BCUT2D eigenvalue weighted by Gasteiger charge is -2.17. The third kappa shape index (κ3) is 4.19. The number of esters is 1. The fourth-order valence-electron chi connectivity index (χ4n) is 3.28. The van der Waals surface area contributed by atoms with Crippen molar-refractivity contribution in [3.63, 3.8) is 0 Å². The smallest absolute Gasteiger partial charge is 0.338 e. The number of nitrogens with zero attached hydrogens (tertiary/aromatic N) is 1. The molecule has 0 radical (unpaired) electrons. The summed E-state index contributed by atoms with van der Waals surface area (Å²) in [6.45, 7) is 5.32. The van der Waals surface area contributed by atoms with E-state index in [9.17, 15) is 4.79 Å². The molecule has 0 saturated carbocycles. The van der Waals surface area contributed by atoms with Gasteiger partial charge in [-0.2, -0.15) is 0 Å². The molecule has 3 rings (SSSR count). The molecule has 1 aliphatic heterocycles. The molecule has 0 bridgehead atoms. The van der Waals surface area contributed by atoms with Crippen LogP contribution in [0.25, 0.3) is 0 Å². The minimum absolute atomic E-state index is 0.228. The molecule has 1 aliphatic rings. The molecule has 25 heavy (non-hydrogen) atoms. The first kappa shape index (κ1) is 17.5. The van der Waals surface area contributed by atoms with E-state index in [4.69, 9.17) is 9.72 Å². The Hall–Kier alpha value is -2.36. The number of pyridine rings is 1. The SMILES string of the molecule is CCOC(=O)c1ccc(CCc2ccc3c(n2)NCCC3)cc1CC. The second-order valence-corrected chi connectivity index (χ2v) is 6.41. The summed E-state index contributed by atoms with van der Waals surface area (Å²) in [6, 6.07) is 10.4. The standard InChI is InChI=1S/C21H26N2O2/c1-3-16-14-15(8-12-19(16)21(24)25-4-2)7-10-18-11-9-17-6-5-13-22-20(17)23-18/h8-9,11-12,14H,3-7,10,13H2,1-2H3,(H,22,23). The highest BCUT2D eigenvalue weighted by atomic mass is 16.5. The monoisotopic (exact) mass is 338 g/mol. The molecule has 4 nitrogen and oxygen atoms in total. The van der Waals surface area contributed by atoms with Crippen molar-refractivity contribution in [2.45, 2.75) is 46.0 Å². The number of aromatic nitrogens is 1. The Bertz CT molecular complexity index is 756. The largest absolute Gasteiger partial charge is 0.462 e. The van der Waals surface area contributed by atoms with Gasteiger partial charge >= 0.3 is 5.97 Å². The average molecular weight is 338 g/mol. The van der Waals surface area contributed by atoms with Crippen molar-refractivity contribution < 1.29 is 9.53 Å². The van der Waals surface area contributed by atoms with Gasteiger partial charge in [-0.25, -0.2) is 9.78 Å². The number of rotatable bonds is 6. The highest BCUT2D eigenvalue weighted by Crippen LogP contribution is 2.21. The zero-order valence-electron chi connectivity index (χ0n) is 15.1. The fourth-order valence-corrected chi connectivity index (χ4v) is 3.28. The van der Waals surface area contributed by atoms with E-state index < -0.39 is 0 Å². The predicted octanol–water partition coefficient (Wildman–Crippen LogP) is 3.96. The van der Waals surface area contributed by atoms with Crippen LogP contribution in [0.2, 0.25) is 0 Å². The van der Waals surface area contributed by atoms with Crippen molar-refractivity contribution in [2.75, 3.05) is 18.5 Å². The summed E-state index contributed by atoms with van der Waals surface area (Å²) in [7, 11) is 0. The van der Waals surface area contributed by atoms with E-state index in [0.29, 0.717) is 12.2 Å². The van der Waals surface area contributed by atoms with Crippen molar-refractivity contribution >= 4 is 11.8 Å². The van der Waals surface area contributed by atoms with E-state index in [1.807, 2.05) is 19.1 Å². The number of fused-ring (bicyclic) bond motifs is 1. The van der Waals surface area contributed by atoms with Gasteiger partial charge in [0, 0.05) is 12.2 Å². The molecule has 0 fully saturated rings. The second kappa shape index (κ2) is 8.15. The van der Waals surface area contributed by atoms with Gasteiger partial charge in [0.15, 0.2) is 0 Å². The van der Waals surface area contributed by atoms with Crippen LogP contribution in [0.4, 0.5) is 5.82 Å². The lowest BCUT2D eigenvalue weighted by atomic mass is 9.98. The van der Waals surface area contributed by atoms with Gasteiger partial charge in [-0.1, -0.05) is 25.1 Å². The van der Waals surface area contributed by atoms with Crippen molar-refractivity contribution in [3.05, 3.63) is 58.3 Å². The van der Waals surface area contributed by atoms with Crippen molar-refractivity contribution in [2.24, 2.45) is 0 Å². The molecule has 1 N–H and O–H groups in total. The zero-order valence-corrected chi connectivity index (χ0v) is 15.1. The van der Waals surface area contributed by atoms with E-state index in [1.54, 1.807) is 0 Å². The minimum Gasteiger partial charge on any atom is -0.462 e. The number of hydrogen-bond acceptors (Lipinski definition) is 4. The van der Waals surface area contributed by atoms with Gasteiger partial charge in [0.2, 0.25) is 0 Å². The molecule has 1 aromatic heterocycles. The highest BCUT2D eigenvalue weighted by molar-refractivity contribution is 5.91. The van der Waals surface area contributed by atoms with Crippen molar-refractivity contribution in [3.8, 4) is 0 Å². The van der Waals surface area contributed by atoms with Crippen LogP contribution in [0, 0.1) is 0 Å². The van der Waals surface area contributed by atoms with E-state index >= 15 is 0 Å². The molecule has 2 aromatic rings. The molecule has 4 heteroatoms. The van der Waals surface area contributed by atoms with Gasteiger partial charge in [0.25, 0.3) is 0 Å². The molecule has 0 spiro atoms. The van der Waals surface area contributed by atoms with Crippen molar-refractivity contribution in [1.82, 2.24) is 4.98 Å². The fraction of sp³-hybridized carbons (Fsp3) is 0.429. The van der Waals surface area contributed by atoms with Crippen LogP contribution < -0.4 is 5.32 Å². The van der Waals surface area contributed by atoms with Gasteiger partial charge in [-0.3, -0.25) is 0 Å². The zero-order chi connectivity index (χ0) is 17.6. The highest BCUT2D eigenvalue weighted by Gasteiger charge is 2.13. The maximum atomic E-state index is 12.0. The number of ether oxygens (including phenoxy) is 1. The van der Waals surface area contributed by atoms with Gasteiger partial charge in [-0.05, 0) is 67.9 Å². The Balaban J connectivity index is 1.70. The summed E-state index contributed by atoms with van der Waals surface area (Å²) >= 11 is 0. The summed E-state index contributed by atoms with van der Waals surface area (Å²) in [4.78, 5) is 16.8. The van der Waals surface area contributed by atoms with Crippen LogP contribution in [0.5, 0.6) is 0 Å². The third-order valence-corrected chi connectivity index (χ3v) is 4.67. The van der Waals surface area contributed by atoms with E-state index in [2.05, 4.69) is 30.4 Å². The topological polar surface area (TPSA) is 51.2 Å². The quantitative estimate of drug-likeness (QED) is 0.810. The van der Waals surface area contributed by atoms with Gasteiger partial charge in [0.1, 0.15) is 5.82 Å². The summed E-state index contributed by atoms with van der Waals surface area (Å²) in [5, 5.41) is 3.39. The van der Waals surface area contributed by atoms with Gasteiger partial charge in [0.05, 0.1) is 12.2 Å². The molecule has 132 valence electrons. The summed E-state index contributed by atoms with van der Waals surface area (Å²) in [5.41, 5.74) is 5.40. The maximum Gasteiger partial charge on any atom is 0.338 e. The molecule has 2 heterocycles. The summed E-state index contributed by atoms with van der Waals surface area (Å²) < 4.78 is 5.14. The van der Waals surface area contributed by atoms with Crippen LogP contribution in [-0.4, -0.2) is 24.1 Å². The van der Waals surface area contributed by atoms with Crippen LogP contribution in [0.3, 0.4) is 0 Å². The predicted molar refractivity (Wildman–Crippen MR) is 100 cm³/mol. The maximum absolute atomic E-state index is 12.0. The second-order valence-electron chi connectivity index (χ2n) is 6.41. The first-order valence-corrected chi connectivity index (χ1v) is 9.22. The minimum atomic E-state index is -0.228. The number of carbonyl (C=O) groups excluding carboxylic acids is 1. The Morgan fingerprint density at radius 3 is 2.88 bits per heavy atom. The molecule has 0 atom stereocenters. The van der Waals surface area contributed by atoms with Crippen LogP contribution in [-0.2, 0) is 30.4 Å². The first-order chi connectivity index (χ1) is 12.2. The lowest BCUT2D eigenvalue weighted by molar-refractivity contribution is 0.0525. The molecular formula is C21H26N2O2. The van der Waals surface area contributed by atoms with Crippen molar-refractivity contribution in [1.29, 1.82) is 0 Å². The lowest BCUT2D eigenvalue weighted by Crippen LogP contribution is -2.14. The van der Waals surface area contributed by atoms with Crippen LogP contribution in [0.15, 0.2) is 30.3 Å². The molecule has 0 aliphatic carbocycles. The number of anilines is 1. The van der Waals surface area contributed by atoms with Gasteiger partial charge < -0.3 is 10.1 Å². The van der Waals surface area contributed by atoms with Gasteiger partial charge in [-0.15, -0.1) is 0 Å². The summed E-state index contributed by atoms with van der Waals surface area (Å²) in [5.74, 6) is 0.823. The molecule has 0 saturated heterocycles. The Morgan fingerprint density at radius 1 is 1.20 bits per heavy atom. The Kier molecular flexibility index (Phi) is 5.69. The average Bonchev–Trinajstić information content (AvgIpc) is 2.66. The number of benzene rings is 1. The molecule has 0 unspecified atom stereocenters. The third-order valence-electron chi connectivity index (χ3n) is 4.67. The first-order valence-electron chi connectivity index (χ1n) is 9.22. The van der Waals surface area contributed by atoms with E-state index in [1.165, 1.54) is 17.5 Å². The Labute approximate surface area is 149 Å². The molecule has 0 amide bonds. The normalized spacial score (nSPS) is 13.0.